The minimum absolute atomic E-state index is 0.180. The van der Waals surface area contributed by atoms with Crippen molar-refractivity contribution in [2.45, 2.75) is 39.5 Å². The molecule has 0 saturated carbocycles. The number of rotatable bonds is 4. The van der Waals surface area contributed by atoms with Crippen LogP contribution in [0.15, 0.2) is 46.6 Å². The van der Waals surface area contributed by atoms with Gasteiger partial charge in [0.1, 0.15) is 5.75 Å². The predicted molar refractivity (Wildman–Crippen MR) is 91.3 cm³/mol. The summed E-state index contributed by atoms with van der Waals surface area (Å²) in [6, 6.07) is 10.7. The molecule has 22 heavy (non-hydrogen) atoms. The predicted octanol–water partition coefficient (Wildman–Crippen LogP) is 5.64. The molecule has 0 fully saturated rings. The molecule has 2 aromatic rings. The van der Waals surface area contributed by atoms with Gasteiger partial charge in [-0.3, -0.25) is 0 Å². The average molecular weight is 297 g/mol. The molecular formula is C18H23N3O. The molecule has 0 aromatic heterocycles. The van der Waals surface area contributed by atoms with Crippen LogP contribution in [0.2, 0.25) is 0 Å². The Morgan fingerprint density at radius 2 is 1.41 bits per heavy atom. The second kappa shape index (κ2) is 6.60. The first kappa shape index (κ1) is 16.0. The van der Waals surface area contributed by atoms with Crippen molar-refractivity contribution in [3.05, 3.63) is 47.5 Å². The van der Waals surface area contributed by atoms with Crippen molar-refractivity contribution in [1.29, 1.82) is 0 Å². The maximum Gasteiger partial charge on any atom is 0.117 e. The third kappa shape index (κ3) is 3.64. The Labute approximate surface area is 131 Å². The van der Waals surface area contributed by atoms with Gasteiger partial charge in [0.2, 0.25) is 0 Å². The van der Waals surface area contributed by atoms with Gasteiger partial charge in [-0.05, 0) is 47.2 Å². The summed E-state index contributed by atoms with van der Waals surface area (Å²) in [5.41, 5.74) is 10.7. The molecule has 4 heteroatoms. The van der Waals surface area contributed by atoms with Gasteiger partial charge in [0.05, 0.1) is 11.4 Å². The maximum atomic E-state index is 9.46. The highest BCUT2D eigenvalue weighted by Gasteiger charge is 2.13. The number of azo groups is 1. The first-order valence-corrected chi connectivity index (χ1v) is 7.52. The van der Waals surface area contributed by atoms with Gasteiger partial charge in [-0.2, -0.15) is 10.2 Å². The molecule has 0 radical (unpaired) electrons. The molecule has 0 atom stereocenters. The second-order valence-corrected chi connectivity index (χ2v) is 6.07. The van der Waals surface area contributed by atoms with E-state index in [0.29, 0.717) is 17.5 Å². The van der Waals surface area contributed by atoms with Crippen LogP contribution in [0.4, 0.5) is 17.1 Å². The van der Waals surface area contributed by atoms with Crippen LogP contribution in [0.1, 0.15) is 50.7 Å². The van der Waals surface area contributed by atoms with Gasteiger partial charge in [0, 0.05) is 11.8 Å². The summed E-state index contributed by atoms with van der Waals surface area (Å²) in [4.78, 5) is 0. The Bertz CT molecular complexity index is 661. The van der Waals surface area contributed by atoms with E-state index in [1.807, 2.05) is 12.1 Å². The van der Waals surface area contributed by atoms with E-state index in [-0.39, 0.29) is 5.75 Å². The topological polar surface area (TPSA) is 71.0 Å². The highest BCUT2D eigenvalue weighted by Crippen LogP contribution is 2.35. The number of hydrogen-bond acceptors (Lipinski definition) is 4. The van der Waals surface area contributed by atoms with Crippen LogP contribution in [-0.2, 0) is 0 Å². The van der Waals surface area contributed by atoms with Gasteiger partial charge in [-0.15, -0.1) is 0 Å². The van der Waals surface area contributed by atoms with Gasteiger partial charge in [-0.1, -0.05) is 33.8 Å². The van der Waals surface area contributed by atoms with Crippen LogP contribution in [0.3, 0.4) is 0 Å². The highest BCUT2D eigenvalue weighted by molar-refractivity contribution is 5.63. The van der Waals surface area contributed by atoms with Gasteiger partial charge >= 0.3 is 0 Å². The minimum atomic E-state index is 0.180. The Morgan fingerprint density at radius 1 is 0.864 bits per heavy atom. The van der Waals surface area contributed by atoms with Crippen molar-refractivity contribution in [2.75, 3.05) is 5.73 Å². The molecular weight excluding hydrogens is 274 g/mol. The van der Waals surface area contributed by atoms with E-state index >= 15 is 0 Å². The van der Waals surface area contributed by atoms with Crippen molar-refractivity contribution in [2.24, 2.45) is 10.2 Å². The fourth-order valence-electron chi connectivity index (χ4n) is 2.37. The lowest BCUT2D eigenvalue weighted by Crippen LogP contribution is -2.02. The summed E-state index contributed by atoms with van der Waals surface area (Å²) in [7, 11) is 0. The minimum Gasteiger partial charge on any atom is -0.508 e. The maximum absolute atomic E-state index is 9.46. The molecule has 0 aliphatic rings. The number of aromatic hydroxyl groups is 1. The summed E-state index contributed by atoms with van der Waals surface area (Å²) in [5.74, 6) is 0.835. The molecule has 0 aliphatic heterocycles. The van der Waals surface area contributed by atoms with E-state index in [0.717, 1.165) is 22.5 Å². The molecule has 0 spiro atoms. The second-order valence-electron chi connectivity index (χ2n) is 6.07. The first-order valence-electron chi connectivity index (χ1n) is 7.52. The Balaban J connectivity index is 2.42. The molecule has 0 heterocycles. The van der Waals surface area contributed by atoms with Crippen LogP contribution < -0.4 is 5.73 Å². The fourth-order valence-corrected chi connectivity index (χ4v) is 2.37. The van der Waals surface area contributed by atoms with Crippen LogP contribution in [0, 0.1) is 0 Å². The average Bonchev–Trinajstić information content (AvgIpc) is 2.45. The smallest absolute Gasteiger partial charge is 0.117 e. The summed E-state index contributed by atoms with van der Waals surface area (Å²) >= 11 is 0. The number of benzene rings is 2. The molecule has 4 nitrogen and oxygen atoms in total. The largest absolute Gasteiger partial charge is 0.508 e. The van der Waals surface area contributed by atoms with Crippen LogP contribution in [0.25, 0.3) is 0 Å². The van der Waals surface area contributed by atoms with Crippen molar-refractivity contribution in [3.63, 3.8) is 0 Å². The van der Waals surface area contributed by atoms with Crippen molar-refractivity contribution >= 4 is 17.1 Å². The van der Waals surface area contributed by atoms with E-state index in [1.165, 1.54) is 0 Å². The van der Waals surface area contributed by atoms with Gasteiger partial charge in [-0.25, -0.2) is 0 Å². The molecule has 0 bridgehead atoms. The number of nitrogens with zero attached hydrogens (tertiary/aromatic N) is 2. The lowest BCUT2D eigenvalue weighted by Gasteiger charge is -2.17. The zero-order chi connectivity index (χ0) is 16.3. The molecule has 116 valence electrons. The molecule has 0 unspecified atom stereocenters. The standard InChI is InChI=1S/C18H23N3O/c1-11(2)16-9-14(10-17(12(3)4)18(16)19)21-20-13-6-5-7-15(22)8-13/h5-12,22H,19H2,1-4H3. The normalized spacial score (nSPS) is 11.7. The van der Waals surface area contributed by atoms with Crippen molar-refractivity contribution < 1.29 is 5.11 Å². The van der Waals surface area contributed by atoms with E-state index in [1.54, 1.807) is 24.3 Å². The summed E-state index contributed by atoms with van der Waals surface area (Å²) in [6.07, 6.45) is 0. The van der Waals surface area contributed by atoms with E-state index in [9.17, 15) is 5.11 Å². The molecule has 2 rings (SSSR count). The Hall–Kier alpha value is -2.36. The number of nitrogens with two attached hydrogens (primary N) is 1. The summed E-state index contributed by atoms with van der Waals surface area (Å²) in [5, 5.41) is 18.0. The number of nitrogen functional groups attached to an aromatic ring is 1. The van der Waals surface area contributed by atoms with E-state index in [2.05, 4.69) is 37.9 Å². The third-order valence-electron chi connectivity index (χ3n) is 3.58. The zero-order valence-electron chi connectivity index (χ0n) is 13.5. The van der Waals surface area contributed by atoms with E-state index < -0.39 is 0 Å². The molecule has 0 saturated heterocycles. The Kier molecular flexibility index (Phi) is 4.81. The fraction of sp³-hybridized carbons (Fsp3) is 0.333. The lowest BCUT2D eigenvalue weighted by atomic mass is 9.92. The molecule has 0 amide bonds. The summed E-state index contributed by atoms with van der Waals surface area (Å²) in [6.45, 7) is 8.47. The number of hydrogen-bond donors (Lipinski definition) is 2. The summed E-state index contributed by atoms with van der Waals surface area (Å²) < 4.78 is 0. The van der Waals surface area contributed by atoms with Gasteiger partial charge < -0.3 is 10.8 Å². The van der Waals surface area contributed by atoms with Crippen molar-refractivity contribution in [3.8, 4) is 5.75 Å². The third-order valence-corrected chi connectivity index (χ3v) is 3.58. The SMILES string of the molecule is CC(C)c1cc(N=Nc2cccc(O)c2)cc(C(C)C)c1N. The van der Waals surface area contributed by atoms with E-state index in [4.69, 9.17) is 5.73 Å². The van der Waals surface area contributed by atoms with Crippen LogP contribution >= 0.6 is 0 Å². The number of phenols is 1. The monoisotopic (exact) mass is 297 g/mol. The quantitative estimate of drug-likeness (QED) is 0.566. The highest BCUT2D eigenvalue weighted by atomic mass is 16.3. The zero-order valence-corrected chi connectivity index (χ0v) is 13.5. The van der Waals surface area contributed by atoms with Crippen LogP contribution in [0.5, 0.6) is 5.75 Å². The van der Waals surface area contributed by atoms with Gasteiger partial charge in [0.25, 0.3) is 0 Å². The molecule has 3 N–H and O–H groups in total. The lowest BCUT2D eigenvalue weighted by molar-refractivity contribution is 0.475. The molecule has 2 aromatic carbocycles. The van der Waals surface area contributed by atoms with Crippen LogP contribution in [-0.4, -0.2) is 5.11 Å². The van der Waals surface area contributed by atoms with Gasteiger partial charge in [0.15, 0.2) is 0 Å². The Morgan fingerprint density at radius 3 is 1.91 bits per heavy atom. The first-order chi connectivity index (χ1) is 10.4. The number of phenolic OH excluding ortho intramolecular Hbond substituents is 1. The van der Waals surface area contributed by atoms with Crippen molar-refractivity contribution in [1.82, 2.24) is 0 Å². The molecule has 0 aliphatic carbocycles. The number of anilines is 1.